The third-order valence-electron chi connectivity index (χ3n) is 3.03. The molecule has 9 nitrogen and oxygen atoms in total. The number of likely N-dealkylation sites (tertiary alicyclic amines) is 1. The molecule has 0 radical (unpaired) electrons. The molecule has 0 aromatic carbocycles. The fourth-order valence-electron chi connectivity index (χ4n) is 2.08. The molecule has 1 heterocycles. The van der Waals surface area contributed by atoms with Gasteiger partial charge in [0, 0.05) is 19.0 Å². The Morgan fingerprint density at radius 2 is 1.91 bits per heavy atom. The van der Waals surface area contributed by atoms with Gasteiger partial charge in [0.05, 0.1) is 18.9 Å². The second-order valence-corrected chi connectivity index (χ2v) is 7.94. The average Bonchev–Trinajstić information content (AvgIpc) is 2.76. The lowest BCUT2D eigenvalue weighted by Gasteiger charge is -2.27. The van der Waals surface area contributed by atoms with Crippen molar-refractivity contribution < 1.29 is 36.5 Å². The van der Waals surface area contributed by atoms with Crippen LogP contribution in [0.4, 0.5) is 14.1 Å². The monoisotopic (exact) mass is 356 g/mol. The summed E-state index contributed by atoms with van der Waals surface area (Å²) < 4.78 is 45.9. The number of carbonyl (C=O) groups excluding carboxylic acids is 1. The van der Waals surface area contributed by atoms with E-state index in [-0.39, 0.29) is 18.2 Å². The molecule has 1 rings (SSSR count). The largest absolute Gasteiger partial charge is 0.465 e. The van der Waals surface area contributed by atoms with Crippen molar-refractivity contribution in [2.75, 3.05) is 26.0 Å². The summed E-state index contributed by atoms with van der Waals surface area (Å²) in [6, 6.07) is -1.19. The van der Waals surface area contributed by atoms with Gasteiger partial charge in [-0.25, -0.2) is 9.59 Å². The highest BCUT2D eigenvalue weighted by atomic mass is 32.2. The minimum absolute atomic E-state index is 0.154. The molecule has 1 aliphatic heterocycles. The highest BCUT2D eigenvalue weighted by Crippen LogP contribution is 2.25. The van der Waals surface area contributed by atoms with Gasteiger partial charge >= 0.3 is 12.2 Å². The predicted octanol–water partition coefficient (Wildman–Crippen LogP) is 1.06. The summed E-state index contributed by atoms with van der Waals surface area (Å²) in [7, 11) is -3.77. The zero-order chi connectivity index (χ0) is 18.0. The first-order valence-electron chi connectivity index (χ1n) is 6.80. The number of rotatable bonds is 4. The first kappa shape index (κ1) is 19.4. The molecule has 0 unspecified atom stereocenters. The Morgan fingerprint density at radius 1 is 1.35 bits per heavy atom. The summed E-state index contributed by atoms with van der Waals surface area (Å²) in [4.78, 5) is 23.7. The molecule has 0 bridgehead atoms. The average molecular weight is 356 g/mol. The summed E-state index contributed by atoms with van der Waals surface area (Å²) in [5.74, 6) is -0.835. The van der Waals surface area contributed by atoms with E-state index < -0.39 is 46.5 Å². The molecule has 0 saturated carbocycles. The van der Waals surface area contributed by atoms with Crippen LogP contribution in [-0.2, 0) is 19.0 Å². The van der Waals surface area contributed by atoms with Gasteiger partial charge in [0.2, 0.25) is 0 Å². The first-order chi connectivity index (χ1) is 10.3. The van der Waals surface area contributed by atoms with Crippen molar-refractivity contribution in [3.05, 3.63) is 0 Å². The minimum Gasteiger partial charge on any atom is -0.465 e. The highest BCUT2D eigenvalue weighted by molar-refractivity contribution is 7.85. The molecule has 1 saturated heterocycles. The van der Waals surface area contributed by atoms with Gasteiger partial charge in [0.15, 0.2) is 0 Å². The van der Waals surface area contributed by atoms with Crippen molar-refractivity contribution in [3.8, 4) is 0 Å². The standard InChI is InChI=1S/C12H21FN2O7S/c1-12(2,3)22-11(18)15(13)9-6-14(10(16)17)5-8(9)7-21-23(4,19)20/h8-9H,5-7H2,1-4H3,(H,16,17)/t8-,9-/m1/s1. The number of carbonyl (C=O) groups is 2. The van der Waals surface area contributed by atoms with E-state index in [1.54, 1.807) is 20.8 Å². The summed E-state index contributed by atoms with van der Waals surface area (Å²) in [6.07, 6.45) is -1.74. The molecule has 0 spiro atoms. The van der Waals surface area contributed by atoms with Crippen LogP contribution in [0.1, 0.15) is 20.8 Å². The molecule has 11 heteroatoms. The molecule has 0 aromatic rings. The molecule has 1 aliphatic rings. The zero-order valence-electron chi connectivity index (χ0n) is 13.4. The zero-order valence-corrected chi connectivity index (χ0v) is 14.2. The number of ether oxygens (including phenoxy) is 1. The number of hydrogen-bond donors (Lipinski definition) is 1. The van der Waals surface area contributed by atoms with Gasteiger partial charge in [-0.15, -0.1) is 5.12 Å². The summed E-state index contributed by atoms with van der Waals surface area (Å²) in [5.41, 5.74) is -0.925. The Hall–Kier alpha value is -1.62. The lowest BCUT2D eigenvalue weighted by Crippen LogP contribution is -2.43. The molecule has 1 N–H and O–H groups in total. The van der Waals surface area contributed by atoms with Crippen molar-refractivity contribution in [1.29, 1.82) is 0 Å². The van der Waals surface area contributed by atoms with Crippen molar-refractivity contribution in [2.45, 2.75) is 32.4 Å². The maximum absolute atomic E-state index is 14.3. The van der Waals surface area contributed by atoms with E-state index in [1.165, 1.54) is 0 Å². The Labute approximate surface area is 134 Å². The number of carboxylic acid groups (broad SMARTS) is 1. The van der Waals surface area contributed by atoms with Crippen LogP contribution in [0.3, 0.4) is 0 Å². The van der Waals surface area contributed by atoms with Crippen LogP contribution in [0, 0.1) is 5.92 Å². The molecule has 0 aromatic heterocycles. The van der Waals surface area contributed by atoms with Gasteiger partial charge in [0.1, 0.15) is 5.60 Å². The number of hydrogen-bond acceptors (Lipinski definition) is 6. The smallest absolute Gasteiger partial charge is 0.438 e. The van der Waals surface area contributed by atoms with Gasteiger partial charge in [-0.1, -0.05) is 4.48 Å². The number of amides is 2. The second kappa shape index (κ2) is 6.87. The van der Waals surface area contributed by atoms with E-state index >= 15 is 0 Å². The van der Waals surface area contributed by atoms with Crippen molar-refractivity contribution in [3.63, 3.8) is 0 Å². The highest BCUT2D eigenvalue weighted by Gasteiger charge is 2.43. The Balaban J connectivity index is 2.85. The molecular weight excluding hydrogens is 335 g/mol. The Kier molecular flexibility index (Phi) is 5.80. The quantitative estimate of drug-likeness (QED) is 0.592. The van der Waals surface area contributed by atoms with Crippen LogP contribution in [0.25, 0.3) is 0 Å². The molecular formula is C12H21FN2O7S. The van der Waals surface area contributed by atoms with Crippen molar-refractivity contribution >= 4 is 22.3 Å². The van der Waals surface area contributed by atoms with Gasteiger partial charge in [0.25, 0.3) is 10.1 Å². The van der Waals surface area contributed by atoms with Crippen molar-refractivity contribution in [1.82, 2.24) is 10.0 Å². The SMILES string of the molecule is CC(C)(C)OC(=O)N(F)[C@@H]1CN(C(=O)O)C[C@@H]1COS(C)(=O)=O. The van der Waals surface area contributed by atoms with Crippen LogP contribution in [0.15, 0.2) is 0 Å². The van der Waals surface area contributed by atoms with Gasteiger partial charge in [-0.2, -0.15) is 8.42 Å². The second-order valence-electron chi connectivity index (χ2n) is 6.30. The van der Waals surface area contributed by atoms with E-state index in [2.05, 4.69) is 4.18 Å². The van der Waals surface area contributed by atoms with E-state index in [0.717, 1.165) is 11.2 Å². The molecule has 2 amide bonds. The molecule has 134 valence electrons. The minimum atomic E-state index is -3.77. The maximum atomic E-state index is 14.3. The molecule has 2 atom stereocenters. The first-order valence-corrected chi connectivity index (χ1v) is 8.62. The van der Waals surface area contributed by atoms with Crippen LogP contribution in [0.2, 0.25) is 0 Å². The summed E-state index contributed by atoms with van der Waals surface area (Å²) >= 11 is 0. The summed E-state index contributed by atoms with van der Waals surface area (Å²) in [5, 5.41) is 8.79. The maximum Gasteiger partial charge on any atom is 0.438 e. The molecule has 23 heavy (non-hydrogen) atoms. The predicted molar refractivity (Wildman–Crippen MR) is 76.9 cm³/mol. The van der Waals surface area contributed by atoms with Crippen LogP contribution >= 0.6 is 0 Å². The molecule has 0 aliphatic carbocycles. The third kappa shape index (κ3) is 6.18. The van der Waals surface area contributed by atoms with Gasteiger partial charge < -0.3 is 14.7 Å². The lowest BCUT2D eigenvalue weighted by atomic mass is 10.1. The fraction of sp³-hybridized carbons (Fsp3) is 0.833. The van der Waals surface area contributed by atoms with Gasteiger partial charge in [-0.05, 0) is 20.8 Å². The molecule has 1 fully saturated rings. The van der Waals surface area contributed by atoms with E-state index in [4.69, 9.17) is 9.84 Å². The van der Waals surface area contributed by atoms with Crippen LogP contribution in [0.5, 0.6) is 0 Å². The van der Waals surface area contributed by atoms with Gasteiger partial charge in [-0.3, -0.25) is 4.18 Å². The van der Waals surface area contributed by atoms with Crippen molar-refractivity contribution in [2.24, 2.45) is 5.92 Å². The Morgan fingerprint density at radius 3 is 2.35 bits per heavy atom. The normalized spacial score (nSPS) is 22.0. The topological polar surface area (TPSA) is 113 Å². The van der Waals surface area contributed by atoms with E-state index in [0.29, 0.717) is 0 Å². The fourth-order valence-corrected chi connectivity index (χ4v) is 2.50. The van der Waals surface area contributed by atoms with Crippen LogP contribution < -0.4 is 0 Å². The number of nitrogens with zero attached hydrogens (tertiary/aromatic N) is 2. The third-order valence-corrected chi connectivity index (χ3v) is 3.60. The lowest BCUT2D eigenvalue weighted by molar-refractivity contribution is -0.0599. The van der Waals surface area contributed by atoms with Crippen LogP contribution in [-0.4, -0.2) is 73.3 Å². The van der Waals surface area contributed by atoms with E-state index in [1.807, 2.05) is 0 Å². The Bertz CT molecular complexity index is 560. The van der Waals surface area contributed by atoms with E-state index in [9.17, 15) is 22.5 Å². The summed E-state index contributed by atoms with van der Waals surface area (Å²) in [6.45, 7) is 3.78. The number of halogens is 1.